The summed E-state index contributed by atoms with van der Waals surface area (Å²) in [5.41, 5.74) is 9.78. The van der Waals surface area contributed by atoms with Crippen molar-refractivity contribution in [1.29, 1.82) is 0 Å². The standard InChI is InChI=1S/C22H28N2O3/c1-15-10-16(2)12-19(11-15)27-20-5-4-18(13-17(20)3)14-24-21(25)22(23)6-8-26-9-7-22/h4-5,10-13H,6-9,14,23H2,1-3H3,(H,24,25). The Hall–Kier alpha value is -2.37. The Bertz CT molecular complexity index is 806. The number of carbonyl (C=O) groups is 1. The Morgan fingerprint density at radius 2 is 1.78 bits per heavy atom. The molecule has 0 aromatic heterocycles. The highest BCUT2D eigenvalue weighted by Crippen LogP contribution is 2.27. The van der Waals surface area contributed by atoms with Gasteiger partial charge >= 0.3 is 0 Å². The van der Waals surface area contributed by atoms with Gasteiger partial charge in [0.05, 0.1) is 5.54 Å². The van der Waals surface area contributed by atoms with Crippen molar-refractivity contribution in [2.24, 2.45) is 5.73 Å². The third kappa shape index (κ3) is 4.87. The third-order valence-corrected chi connectivity index (χ3v) is 4.95. The van der Waals surface area contributed by atoms with Gasteiger partial charge in [0.1, 0.15) is 11.5 Å². The minimum absolute atomic E-state index is 0.112. The summed E-state index contributed by atoms with van der Waals surface area (Å²) in [6.07, 6.45) is 1.11. The van der Waals surface area contributed by atoms with Crippen molar-refractivity contribution in [3.8, 4) is 11.5 Å². The maximum Gasteiger partial charge on any atom is 0.240 e. The van der Waals surface area contributed by atoms with E-state index in [4.69, 9.17) is 15.2 Å². The molecule has 3 rings (SSSR count). The fourth-order valence-electron chi connectivity index (χ4n) is 3.38. The lowest BCUT2D eigenvalue weighted by Crippen LogP contribution is -2.56. The minimum atomic E-state index is -0.820. The van der Waals surface area contributed by atoms with Gasteiger partial charge in [-0.1, -0.05) is 18.2 Å². The monoisotopic (exact) mass is 368 g/mol. The summed E-state index contributed by atoms with van der Waals surface area (Å²) >= 11 is 0. The zero-order valence-electron chi connectivity index (χ0n) is 16.3. The second kappa shape index (κ2) is 8.11. The summed E-state index contributed by atoms with van der Waals surface area (Å²) < 4.78 is 11.3. The molecule has 1 saturated heterocycles. The van der Waals surface area contributed by atoms with Crippen molar-refractivity contribution < 1.29 is 14.3 Å². The van der Waals surface area contributed by atoms with Gasteiger partial charge in [-0.2, -0.15) is 0 Å². The first-order valence-corrected chi connectivity index (χ1v) is 9.36. The molecule has 144 valence electrons. The van der Waals surface area contributed by atoms with Crippen molar-refractivity contribution in [3.63, 3.8) is 0 Å². The molecule has 1 amide bonds. The SMILES string of the molecule is Cc1cc(C)cc(Oc2ccc(CNC(=O)C3(N)CCOCC3)cc2C)c1. The van der Waals surface area contributed by atoms with Gasteiger partial charge < -0.3 is 20.5 Å². The fourth-order valence-corrected chi connectivity index (χ4v) is 3.38. The van der Waals surface area contributed by atoms with Crippen molar-refractivity contribution in [3.05, 3.63) is 58.7 Å². The van der Waals surface area contributed by atoms with Crippen LogP contribution in [-0.2, 0) is 16.1 Å². The number of carbonyl (C=O) groups excluding carboxylic acids is 1. The molecule has 0 aliphatic carbocycles. The van der Waals surface area contributed by atoms with Gasteiger partial charge in [-0.15, -0.1) is 0 Å². The van der Waals surface area contributed by atoms with Crippen LogP contribution in [0, 0.1) is 20.8 Å². The summed E-state index contributed by atoms with van der Waals surface area (Å²) in [5, 5.41) is 2.96. The van der Waals surface area contributed by atoms with Crippen LogP contribution in [0.5, 0.6) is 11.5 Å². The highest BCUT2D eigenvalue weighted by atomic mass is 16.5. The van der Waals surface area contributed by atoms with Gasteiger partial charge in [0.2, 0.25) is 5.91 Å². The Morgan fingerprint density at radius 1 is 1.11 bits per heavy atom. The Labute approximate surface area is 160 Å². The molecule has 0 bridgehead atoms. The number of hydrogen-bond acceptors (Lipinski definition) is 4. The average Bonchev–Trinajstić information content (AvgIpc) is 2.61. The van der Waals surface area contributed by atoms with E-state index in [-0.39, 0.29) is 5.91 Å². The van der Waals surface area contributed by atoms with Crippen LogP contribution in [-0.4, -0.2) is 24.7 Å². The molecule has 3 N–H and O–H groups in total. The number of ether oxygens (including phenoxy) is 2. The van der Waals surface area contributed by atoms with Gasteiger partial charge in [0.25, 0.3) is 0 Å². The van der Waals surface area contributed by atoms with Gasteiger partial charge in [-0.05, 0) is 74.1 Å². The zero-order valence-corrected chi connectivity index (χ0v) is 16.3. The summed E-state index contributed by atoms with van der Waals surface area (Å²) in [4.78, 5) is 12.4. The van der Waals surface area contributed by atoms with Crippen LogP contribution in [0.3, 0.4) is 0 Å². The lowest BCUT2D eigenvalue weighted by Gasteiger charge is -2.31. The van der Waals surface area contributed by atoms with E-state index in [1.165, 1.54) is 11.1 Å². The predicted molar refractivity (Wildman–Crippen MR) is 106 cm³/mol. The lowest BCUT2D eigenvalue weighted by atomic mass is 9.90. The summed E-state index contributed by atoms with van der Waals surface area (Å²) in [6, 6.07) is 12.1. The van der Waals surface area contributed by atoms with Gasteiger partial charge in [-0.3, -0.25) is 4.79 Å². The van der Waals surface area contributed by atoms with Crippen LogP contribution in [0.1, 0.15) is 35.1 Å². The quantitative estimate of drug-likeness (QED) is 0.847. The molecule has 1 aliphatic rings. The van der Waals surface area contributed by atoms with E-state index in [0.717, 1.165) is 22.6 Å². The summed E-state index contributed by atoms with van der Waals surface area (Å²) in [6.45, 7) is 7.64. The van der Waals surface area contributed by atoms with Crippen molar-refractivity contribution in [2.45, 2.75) is 45.7 Å². The van der Waals surface area contributed by atoms with Crippen LogP contribution < -0.4 is 15.8 Å². The maximum atomic E-state index is 12.4. The first kappa shape index (κ1) is 19.4. The molecule has 0 unspecified atom stereocenters. The van der Waals surface area contributed by atoms with Crippen molar-refractivity contribution in [2.75, 3.05) is 13.2 Å². The number of benzene rings is 2. The second-order valence-corrected chi connectivity index (χ2v) is 7.48. The van der Waals surface area contributed by atoms with E-state index in [0.29, 0.717) is 32.6 Å². The molecular weight excluding hydrogens is 340 g/mol. The summed E-state index contributed by atoms with van der Waals surface area (Å²) in [5.74, 6) is 1.54. The number of nitrogens with one attached hydrogen (secondary N) is 1. The second-order valence-electron chi connectivity index (χ2n) is 7.48. The highest BCUT2D eigenvalue weighted by molar-refractivity contribution is 5.86. The number of amides is 1. The first-order valence-electron chi connectivity index (χ1n) is 9.36. The average molecular weight is 368 g/mol. The third-order valence-electron chi connectivity index (χ3n) is 4.95. The fraction of sp³-hybridized carbons (Fsp3) is 0.409. The number of rotatable bonds is 5. The van der Waals surface area contributed by atoms with E-state index in [1.54, 1.807) is 0 Å². The molecule has 5 heteroatoms. The minimum Gasteiger partial charge on any atom is -0.457 e. The number of aryl methyl sites for hydroxylation is 3. The molecule has 27 heavy (non-hydrogen) atoms. The van der Waals surface area contributed by atoms with E-state index >= 15 is 0 Å². The van der Waals surface area contributed by atoms with E-state index in [2.05, 4.69) is 25.2 Å². The van der Waals surface area contributed by atoms with Gasteiger partial charge in [-0.25, -0.2) is 0 Å². The van der Waals surface area contributed by atoms with E-state index in [1.807, 2.05) is 37.3 Å². The zero-order chi connectivity index (χ0) is 19.4. The smallest absolute Gasteiger partial charge is 0.240 e. The van der Waals surface area contributed by atoms with Gasteiger partial charge in [0, 0.05) is 19.8 Å². The van der Waals surface area contributed by atoms with Crippen molar-refractivity contribution >= 4 is 5.91 Å². The largest absolute Gasteiger partial charge is 0.457 e. The van der Waals surface area contributed by atoms with E-state index < -0.39 is 5.54 Å². The predicted octanol–water partition coefficient (Wildman–Crippen LogP) is 3.53. The molecule has 1 fully saturated rings. The molecule has 5 nitrogen and oxygen atoms in total. The molecule has 0 saturated carbocycles. The molecule has 2 aromatic carbocycles. The lowest BCUT2D eigenvalue weighted by molar-refractivity contribution is -0.129. The molecular formula is C22H28N2O3. The molecule has 0 atom stereocenters. The molecule has 1 heterocycles. The Morgan fingerprint density at radius 3 is 2.41 bits per heavy atom. The Kier molecular flexibility index (Phi) is 5.82. The van der Waals surface area contributed by atoms with Crippen LogP contribution in [0.15, 0.2) is 36.4 Å². The first-order chi connectivity index (χ1) is 12.9. The highest BCUT2D eigenvalue weighted by Gasteiger charge is 2.35. The molecule has 0 spiro atoms. The maximum absolute atomic E-state index is 12.4. The van der Waals surface area contributed by atoms with Crippen LogP contribution in [0.2, 0.25) is 0 Å². The summed E-state index contributed by atoms with van der Waals surface area (Å²) in [7, 11) is 0. The van der Waals surface area contributed by atoms with E-state index in [9.17, 15) is 4.79 Å². The van der Waals surface area contributed by atoms with Crippen LogP contribution in [0.4, 0.5) is 0 Å². The van der Waals surface area contributed by atoms with Crippen LogP contribution in [0.25, 0.3) is 0 Å². The van der Waals surface area contributed by atoms with Gasteiger partial charge in [0.15, 0.2) is 0 Å². The molecule has 2 aromatic rings. The number of nitrogens with two attached hydrogens (primary N) is 1. The normalized spacial score (nSPS) is 16.0. The van der Waals surface area contributed by atoms with Crippen molar-refractivity contribution in [1.82, 2.24) is 5.32 Å². The molecule has 1 aliphatic heterocycles. The topological polar surface area (TPSA) is 73.6 Å². The van der Waals surface area contributed by atoms with Crippen LogP contribution >= 0.6 is 0 Å². The molecule has 0 radical (unpaired) electrons. The Balaban J connectivity index is 1.63. The number of hydrogen-bond donors (Lipinski definition) is 2.